The normalized spacial score (nSPS) is 30.1. The standard InChI is InChI=1S/C26H43NO20.C26H42O20.C4H10.C3H9N.C2H7N.C2H6.CH4/c1-25(7-28,21(37)41-5-11-13(29)15(31)17(33)19(35)46-11)8-44-24(40)45-10-26(2,9-43-23(39)27(3)4)22(38)42-6-12-14(30)16(32)18(34)20(36)47-12;1-4-13(28)42-9-26(3,23(38)41-6-12-15(30)17(32)19(34)21(36)46-12)10-44-24(39)43-8-25(2,7-27)22(37)40-5-11-14(29)16(31)18(33)20(35)45-11;1-3-4-2;1-4(2)3;1-3-2;1-2;/h11-20,28-36H,5-10H2,1-4H3;11-12,14-21,27,29-36H,4-10H2,1-3H3;3-4H2,1-2H3;1-3H3;3H,1-2H3;1-2H3;1H4. The Balaban J connectivity index is -0.00000172. The third-order valence-electron chi connectivity index (χ3n) is 15.2. The molecule has 24 atom stereocenters. The lowest BCUT2D eigenvalue weighted by atomic mass is 9.93. The van der Waals surface area contributed by atoms with E-state index in [0.717, 1.165) is 18.7 Å². The van der Waals surface area contributed by atoms with Gasteiger partial charge >= 0.3 is 48.3 Å². The fourth-order valence-corrected chi connectivity index (χ4v) is 7.91. The Hall–Kier alpha value is -5.80. The number of nitrogens with zero attached hydrogens (tertiary/aromatic N) is 2. The third kappa shape index (κ3) is 34.6. The van der Waals surface area contributed by atoms with Gasteiger partial charge in [0.1, 0.15) is 185 Å². The lowest BCUT2D eigenvalue weighted by Crippen LogP contribution is -2.59. The second kappa shape index (κ2) is 51.6. The summed E-state index contributed by atoms with van der Waals surface area (Å²) in [5.74, 6) is -5.37. The van der Waals surface area contributed by atoms with Crippen LogP contribution in [0.5, 0.6) is 0 Å². The summed E-state index contributed by atoms with van der Waals surface area (Å²) in [5, 5.41) is 178. The quantitative estimate of drug-likeness (QED) is 0.0256. The molecule has 0 aromatic carbocycles. The summed E-state index contributed by atoms with van der Waals surface area (Å²) in [6.45, 7) is 4.86. The van der Waals surface area contributed by atoms with E-state index in [1.165, 1.54) is 47.7 Å². The molecular formula is C64H121N3O40. The van der Waals surface area contributed by atoms with Gasteiger partial charge in [-0.15, -0.1) is 0 Å². The molecule has 4 aliphatic heterocycles. The molecular weight excluding hydrogens is 1450 g/mol. The fraction of sp³-hybridized carbons (Fsp3) is 0.875. The summed E-state index contributed by atoms with van der Waals surface area (Å²) in [6.07, 6.45) is -36.3. The Morgan fingerprint density at radius 2 is 0.561 bits per heavy atom. The van der Waals surface area contributed by atoms with E-state index in [9.17, 15) is 130 Å². The van der Waals surface area contributed by atoms with Gasteiger partial charge in [0.05, 0.1) is 13.2 Å². The Labute approximate surface area is 620 Å². The van der Waals surface area contributed by atoms with Crippen molar-refractivity contribution >= 4 is 48.3 Å². The smallest absolute Gasteiger partial charge is 0.464 e. The van der Waals surface area contributed by atoms with Crippen molar-refractivity contribution in [3.63, 3.8) is 0 Å². The van der Waals surface area contributed by atoms with E-state index in [-0.39, 0.29) is 13.8 Å². The first-order chi connectivity index (χ1) is 49.2. The van der Waals surface area contributed by atoms with Crippen LogP contribution >= 0.6 is 0 Å². The molecule has 4 aliphatic rings. The minimum absolute atomic E-state index is 0. The minimum atomic E-state index is -1.93. The summed E-state index contributed by atoms with van der Waals surface area (Å²) in [7, 11) is 12.5. The molecule has 43 nitrogen and oxygen atoms in total. The predicted molar refractivity (Wildman–Crippen MR) is 360 cm³/mol. The molecule has 1 amide bonds. The number of carbonyl (C=O) groups excluding carboxylic acids is 8. The number of nitrogens with one attached hydrogen (secondary N) is 1. The van der Waals surface area contributed by atoms with E-state index in [2.05, 4.69) is 19.2 Å². The van der Waals surface area contributed by atoms with Crippen molar-refractivity contribution in [3.8, 4) is 0 Å². The third-order valence-corrected chi connectivity index (χ3v) is 15.2. The van der Waals surface area contributed by atoms with Gasteiger partial charge in [0, 0.05) is 20.5 Å². The maximum absolute atomic E-state index is 13.0. The van der Waals surface area contributed by atoms with Crippen LogP contribution in [0, 0.1) is 21.7 Å². The monoisotopic (exact) mass is 1570 g/mol. The zero-order valence-corrected chi connectivity index (χ0v) is 62.6. The Morgan fingerprint density at radius 3 is 0.766 bits per heavy atom. The van der Waals surface area contributed by atoms with E-state index < -0.39 is 272 Å². The van der Waals surface area contributed by atoms with Gasteiger partial charge in [0.15, 0.2) is 25.2 Å². The number of amides is 1. The Bertz CT molecular complexity index is 2560. The molecule has 24 unspecified atom stereocenters. The van der Waals surface area contributed by atoms with Gasteiger partial charge in [0.2, 0.25) is 0 Å². The van der Waals surface area contributed by atoms with Crippen molar-refractivity contribution in [2.45, 2.75) is 212 Å². The zero-order chi connectivity index (χ0) is 82.5. The number of hydrogen-bond acceptors (Lipinski definition) is 42. The van der Waals surface area contributed by atoms with Gasteiger partial charge in [0.25, 0.3) is 0 Å². The molecule has 0 aromatic heterocycles. The Kier molecular flexibility index (Phi) is 50.8. The molecule has 4 rings (SSSR count). The molecule has 0 aromatic rings. The summed E-state index contributed by atoms with van der Waals surface area (Å²) < 4.78 is 69.7. The second-order valence-electron chi connectivity index (χ2n) is 26.1. The summed E-state index contributed by atoms with van der Waals surface area (Å²) in [6, 6.07) is 0. The lowest BCUT2D eigenvalue weighted by molar-refractivity contribution is -0.288. The first-order valence-electron chi connectivity index (χ1n) is 33.4. The summed E-state index contributed by atoms with van der Waals surface area (Å²) >= 11 is 0. The van der Waals surface area contributed by atoms with Crippen LogP contribution in [0.15, 0.2) is 0 Å². The average Bonchev–Trinajstić information content (AvgIpc) is 0.829. The van der Waals surface area contributed by atoms with Crippen LogP contribution in [0.4, 0.5) is 14.4 Å². The van der Waals surface area contributed by atoms with Gasteiger partial charge in [-0.25, -0.2) is 14.4 Å². The largest absolute Gasteiger partial charge is 0.508 e. The van der Waals surface area contributed by atoms with Crippen LogP contribution in [-0.2, 0) is 90.3 Å². The fourth-order valence-electron chi connectivity index (χ4n) is 7.91. The van der Waals surface area contributed by atoms with Crippen LogP contribution in [0.25, 0.3) is 0 Å². The maximum atomic E-state index is 13.0. The van der Waals surface area contributed by atoms with Crippen molar-refractivity contribution in [2.75, 3.05) is 129 Å². The summed E-state index contributed by atoms with van der Waals surface area (Å²) in [5.41, 5.74) is -7.63. The van der Waals surface area contributed by atoms with Crippen LogP contribution in [0.3, 0.4) is 0 Å². The van der Waals surface area contributed by atoms with Crippen LogP contribution in [0.2, 0.25) is 0 Å². The first kappa shape index (κ1) is 105. The minimum Gasteiger partial charge on any atom is -0.464 e. The number of aliphatic hydroxyl groups excluding tert-OH is 18. The highest BCUT2D eigenvalue weighted by atomic mass is 16.7. The second-order valence-corrected chi connectivity index (χ2v) is 26.1. The van der Waals surface area contributed by atoms with Gasteiger partial charge in [-0.3, -0.25) is 24.0 Å². The molecule has 4 heterocycles. The molecule has 0 aliphatic carbocycles. The van der Waals surface area contributed by atoms with Crippen molar-refractivity contribution in [1.29, 1.82) is 0 Å². The molecule has 0 bridgehead atoms. The highest BCUT2D eigenvalue weighted by Crippen LogP contribution is 2.30. The number of hydrogen-bond donors (Lipinski definition) is 19. The number of ether oxygens (including phenoxy) is 14. The summed E-state index contributed by atoms with van der Waals surface area (Å²) in [4.78, 5) is 103. The van der Waals surface area contributed by atoms with Crippen LogP contribution < -0.4 is 5.32 Å². The zero-order valence-electron chi connectivity index (χ0n) is 62.6. The number of esters is 5. The van der Waals surface area contributed by atoms with Crippen molar-refractivity contribution in [1.82, 2.24) is 15.1 Å². The molecule has 4 saturated heterocycles. The number of unbranched alkanes of at least 4 members (excludes halogenated alkanes) is 1. The van der Waals surface area contributed by atoms with Gasteiger partial charge in [-0.1, -0.05) is 54.9 Å². The Morgan fingerprint density at radius 1 is 0.355 bits per heavy atom. The lowest BCUT2D eigenvalue weighted by Gasteiger charge is -2.38. The molecule has 0 saturated carbocycles. The van der Waals surface area contributed by atoms with Gasteiger partial charge in [-0.05, 0) is 62.9 Å². The molecule has 4 fully saturated rings. The van der Waals surface area contributed by atoms with Crippen LogP contribution in [0.1, 0.15) is 89.0 Å². The topological polar surface area (TPSA) is 648 Å². The molecule has 0 radical (unpaired) electrons. The van der Waals surface area contributed by atoms with E-state index in [1.807, 2.05) is 54.0 Å². The van der Waals surface area contributed by atoms with Crippen molar-refractivity contribution < 1.29 is 197 Å². The highest BCUT2D eigenvalue weighted by molar-refractivity contribution is 5.80. The maximum Gasteiger partial charge on any atom is 0.508 e. The molecule has 0 spiro atoms. The number of aliphatic hydroxyl groups is 18. The van der Waals surface area contributed by atoms with E-state index in [4.69, 9.17) is 66.3 Å². The predicted octanol–water partition coefficient (Wildman–Crippen LogP) is -7.21. The van der Waals surface area contributed by atoms with E-state index in [1.54, 1.807) is 0 Å². The molecule has 19 N–H and O–H groups in total. The van der Waals surface area contributed by atoms with E-state index in [0.29, 0.717) is 0 Å². The number of rotatable bonds is 28. The van der Waals surface area contributed by atoms with E-state index >= 15 is 0 Å². The first-order valence-corrected chi connectivity index (χ1v) is 33.4. The molecule has 632 valence electrons. The van der Waals surface area contributed by atoms with Crippen molar-refractivity contribution in [2.24, 2.45) is 21.7 Å². The average molecular weight is 1570 g/mol. The molecule has 43 heteroatoms. The van der Waals surface area contributed by atoms with Crippen molar-refractivity contribution in [3.05, 3.63) is 0 Å². The molecule has 107 heavy (non-hydrogen) atoms. The SMILES string of the molecule is C.CC.CCC(=O)OCC(C)(COC(=O)OCC(C)(CO)C(=O)OCC1OC(O)C(O)C(O)C1O)C(=O)OCC1OC(O)C(O)C(O)C1O.CCCC.CN(C)C.CN(C)C(=O)OCC(C)(COC(=O)OCC(C)(CO)C(=O)OCC1OC(O)C(O)C(O)C1O)C(=O)OCC1OC(O)C(O)C(O)C1O.CNC. The number of carbonyl (C=O) groups is 8. The van der Waals surface area contributed by atoms with Gasteiger partial charge < -0.3 is 173 Å². The van der Waals surface area contributed by atoms with Crippen LogP contribution in [-0.4, -0.2) is 401 Å². The highest BCUT2D eigenvalue weighted by Gasteiger charge is 2.50. The van der Waals surface area contributed by atoms with Gasteiger partial charge in [-0.2, -0.15) is 0 Å².